The fraction of sp³-hybridized carbons (Fsp3) is 0.0476. The monoisotopic (exact) mass is 402 g/mol. The Kier molecular flexibility index (Phi) is 7.67. The van der Waals surface area contributed by atoms with Crippen molar-refractivity contribution in [1.29, 1.82) is 0 Å². The maximum Gasteiger partial charge on any atom is 0.338 e. The Labute approximate surface area is 165 Å². The molecule has 0 aliphatic carbocycles. The van der Waals surface area contributed by atoms with Crippen LogP contribution >= 0.6 is 0 Å². The number of esters is 1. The van der Waals surface area contributed by atoms with E-state index in [2.05, 4.69) is 16.1 Å². The molecule has 0 saturated heterocycles. The molecule has 2 rings (SSSR count). The van der Waals surface area contributed by atoms with Gasteiger partial charge in [0.15, 0.2) is 23.1 Å². The number of halogens is 2. The number of rotatable bonds is 9. The molecule has 150 valence electrons. The van der Waals surface area contributed by atoms with Gasteiger partial charge in [0.1, 0.15) is 25.0 Å². The van der Waals surface area contributed by atoms with E-state index in [4.69, 9.17) is 9.47 Å². The second-order valence-electron chi connectivity index (χ2n) is 5.49. The van der Waals surface area contributed by atoms with Crippen LogP contribution in [0.25, 0.3) is 11.1 Å². The fourth-order valence-corrected chi connectivity index (χ4v) is 2.01. The third-order valence-electron chi connectivity index (χ3n) is 3.36. The summed E-state index contributed by atoms with van der Waals surface area (Å²) in [5, 5.41) is 0. The van der Waals surface area contributed by atoms with Crippen LogP contribution < -0.4 is 9.47 Å². The molecule has 0 unspecified atom stereocenters. The van der Waals surface area contributed by atoms with Crippen LogP contribution in [-0.4, -0.2) is 12.4 Å². The van der Waals surface area contributed by atoms with E-state index in [1.807, 2.05) is 0 Å². The summed E-state index contributed by atoms with van der Waals surface area (Å²) in [5.41, 5.74) is 1.01. The Balaban J connectivity index is 2.06. The van der Waals surface area contributed by atoms with E-state index < -0.39 is 17.6 Å². The molecule has 6 nitrogen and oxygen atoms in total. The maximum atomic E-state index is 14.2. The van der Waals surface area contributed by atoms with Crippen molar-refractivity contribution < 1.29 is 37.3 Å². The standard InChI is InChI=1S/C21H16F2O6/c1-14(2)21(25)29-10-9-28-20-6-4-16(12-18(20)23)15-3-5-19(17(22)11-15)27-8-7-26-13-24/h3-13H,1H2,2H3/b8-7-,10-9-. The molecule has 0 saturated carbocycles. The fourth-order valence-electron chi connectivity index (χ4n) is 2.01. The van der Waals surface area contributed by atoms with Gasteiger partial charge in [-0.25, -0.2) is 13.6 Å². The first-order valence-corrected chi connectivity index (χ1v) is 8.10. The van der Waals surface area contributed by atoms with Crippen LogP contribution in [0.3, 0.4) is 0 Å². The smallest absolute Gasteiger partial charge is 0.338 e. The van der Waals surface area contributed by atoms with Crippen LogP contribution in [0.2, 0.25) is 0 Å². The van der Waals surface area contributed by atoms with Crippen LogP contribution in [0.4, 0.5) is 8.78 Å². The number of hydrogen-bond donors (Lipinski definition) is 0. The quantitative estimate of drug-likeness (QED) is 0.264. The minimum absolute atomic E-state index is 0.102. The van der Waals surface area contributed by atoms with Gasteiger partial charge in [0, 0.05) is 5.57 Å². The largest absolute Gasteiger partial charge is 0.459 e. The van der Waals surface area contributed by atoms with Crippen molar-refractivity contribution in [3.8, 4) is 22.6 Å². The van der Waals surface area contributed by atoms with Gasteiger partial charge >= 0.3 is 5.97 Å². The number of ether oxygens (including phenoxy) is 4. The summed E-state index contributed by atoms with van der Waals surface area (Å²) < 4.78 is 47.3. The Morgan fingerprint density at radius 3 is 1.86 bits per heavy atom. The van der Waals surface area contributed by atoms with Crippen molar-refractivity contribution in [2.75, 3.05) is 0 Å². The van der Waals surface area contributed by atoms with Gasteiger partial charge in [-0.15, -0.1) is 0 Å². The molecule has 8 heteroatoms. The molecular weight excluding hydrogens is 386 g/mol. The van der Waals surface area contributed by atoms with Crippen molar-refractivity contribution in [3.63, 3.8) is 0 Å². The van der Waals surface area contributed by atoms with Gasteiger partial charge in [0.25, 0.3) is 6.47 Å². The molecule has 0 aliphatic heterocycles. The van der Waals surface area contributed by atoms with Crippen LogP contribution in [0.5, 0.6) is 11.5 Å². The zero-order chi connectivity index (χ0) is 21.2. The zero-order valence-electron chi connectivity index (χ0n) is 15.3. The highest BCUT2D eigenvalue weighted by Crippen LogP contribution is 2.29. The van der Waals surface area contributed by atoms with E-state index in [9.17, 15) is 18.4 Å². The highest BCUT2D eigenvalue weighted by atomic mass is 19.1. The summed E-state index contributed by atoms with van der Waals surface area (Å²) in [6, 6.07) is 8.07. The first-order chi connectivity index (χ1) is 13.9. The summed E-state index contributed by atoms with van der Waals surface area (Å²) in [6.07, 6.45) is 3.92. The predicted octanol–water partition coefficient (Wildman–Crippen LogP) is 4.62. The molecule has 0 atom stereocenters. The van der Waals surface area contributed by atoms with Gasteiger partial charge in [0.05, 0.1) is 0 Å². The highest BCUT2D eigenvalue weighted by Gasteiger charge is 2.09. The zero-order valence-corrected chi connectivity index (χ0v) is 15.3. The lowest BCUT2D eigenvalue weighted by molar-refractivity contribution is -0.133. The maximum absolute atomic E-state index is 14.2. The summed E-state index contributed by atoms with van der Waals surface area (Å²) >= 11 is 0. The minimum atomic E-state index is -0.701. The van der Waals surface area contributed by atoms with E-state index in [1.165, 1.54) is 31.2 Å². The van der Waals surface area contributed by atoms with Gasteiger partial charge in [-0.2, -0.15) is 0 Å². The Morgan fingerprint density at radius 2 is 1.41 bits per heavy atom. The average molecular weight is 402 g/mol. The number of carbonyl (C=O) groups excluding carboxylic acids is 2. The van der Waals surface area contributed by atoms with Crippen molar-refractivity contribution in [2.24, 2.45) is 0 Å². The van der Waals surface area contributed by atoms with Crippen LogP contribution in [0.1, 0.15) is 6.92 Å². The van der Waals surface area contributed by atoms with E-state index in [-0.39, 0.29) is 23.5 Å². The molecule has 0 spiro atoms. The van der Waals surface area contributed by atoms with Crippen molar-refractivity contribution >= 4 is 12.4 Å². The normalized spacial score (nSPS) is 10.7. The van der Waals surface area contributed by atoms with Gasteiger partial charge in [-0.05, 0) is 42.3 Å². The van der Waals surface area contributed by atoms with Crippen molar-refractivity contribution in [1.82, 2.24) is 0 Å². The van der Waals surface area contributed by atoms with E-state index in [1.54, 1.807) is 0 Å². The van der Waals surface area contributed by atoms with Crippen LogP contribution in [0, 0.1) is 11.6 Å². The third kappa shape index (κ3) is 6.31. The number of carbonyl (C=O) groups is 2. The molecule has 2 aromatic carbocycles. The summed E-state index contributed by atoms with van der Waals surface area (Å²) in [5.74, 6) is -2.25. The topological polar surface area (TPSA) is 71.1 Å². The summed E-state index contributed by atoms with van der Waals surface area (Å²) in [7, 11) is 0. The molecule has 0 fully saturated rings. The van der Waals surface area contributed by atoms with E-state index in [0.29, 0.717) is 11.1 Å². The Morgan fingerprint density at radius 1 is 0.897 bits per heavy atom. The highest BCUT2D eigenvalue weighted by molar-refractivity contribution is 5.87. The number of benzene rings is 2. The second kappa shape index (κ2) is 10.4. The second-order valence-corrected chi connectivity index (χ2v) is 5.49. The van der Waals surface area contributed by atoms with E-state index >= 15 is 0 Å². The first kappa shape index (κ1) is 21.4. The Bertz CT molecular complexity index is 966. The molecule has 0 bridgehead atoms. The van der Waals surface area contributed by atoms with Gasteiger partial charge in [-0.1, -0.05) is 18.7 Å². The SMILES string of the molecule is C=C(C)C(=O)O/C=C\Oc1ccc(-c2ccc(O/C=C\OC=O)c(F)c2)cc1F. The molecule has 0 radical (unpaired) electrons. The number of hydrogen-bond acceptors (Lipinski definition) is 6. The summed E-state index contributed by atoms with van der Waals surface area (Å²) in [4.78, 5) is 21.2. The van der Waals surface area contributed by atoms with Gasteiger partial charge < -0.3 is 18.9 Å². The van der Waals surface area contributed by atoms with Crippen molar-refractivity contribution in [3.05, 3.63) is 85.2 Å². The molecule has 2 aromatic rings. The lowest BCUT2D eigenvalue weighted by atomic mass is 10.0. The average Bonchev–Trinajstić information content (AvgIpc) is 2.70. The third-order valence-corrected chi connectivity index (χ3v) is 3.36. The lowest BCUT2D eigenvalue weighted by Gasteiger charge is -2.08. The van der Waals surface area contributed by atoms with Gasteiger partial charge in [-0.3, -0.25) is 4.79 Å². The molecule has 0 N–H and O–H groups in total. The molecule has 0 heterocycles. The van der Waals surface area contributed by atoms with Crippen molar-refractivity contribution in [2.45, 2.75) is 6.92 Å². The molecule has 0 aliphatic rings. The Hall–Kier alpha value is -3.94. The van der Waals surface area contributed by atoms with Gasteiger partial charge in [0.2, 0.25) is 0 Å². The molecule has 0 amide bonds. The van der Waals surface area contributed by atoms with Crippen LogP contribution in [0.15, 0.2) is 73.6 Å². The molecular formula is C21H16F2O6. The predicted molar refractivity (Wildman–Crippen MR) is 99.4 cm³/mol. The van der Waals surface area contributed by atoms with E-state index in [0.717, 1.165) is 37.2 Å². The lowest BCUT2D eigenvalue weighted by Crippen LogP contribution is -1.99. The molecule has 0 aromatic heterocycles. The minimum Gasteiger partial charge on any atom is -0.459 e. The van der Waals surface area contributed by atoms with Crippen LogP contribution in [-0.2, 0) is 19.1 Å². The first-order valence-electron chi connectivity index (χ1n) is 8.10. The molecule has 29 heavy (non-hydrogen) atoms. The summed E-state index contributed by atoms with van der Waals surface area (Å²) in [6.45, 7) is 5.08.